The van der Waals surface area contributed by atoms with Crippen molar-refractivity contribution in [3.05, 3.63) is 76.1 Å². The van der Waals surface area contributed by atoms with Gasteiger partial charge in [-0.3, -0.25) is 9.59 Å². The number of benzene rings is 2. The molecule has 0 atom stereocenters. The molecule has 2 aromatic carbocycles. The van der Waals surface area contributed by atoms with E-state index in [0.29, 0.717) is 27.8 Å². The summed E-state index contributed by atoms with van der Waals surface area (Å²) in [4.78, 5) is 32.0. The van der Waals surface area contributed by atoms with Crippen LogP contribution in [0.2, 0.25) is 5.02 Å². The summed E-state index contributed by atoms with van der Waals surface area (Å²) in [6.07, 6.45) is 2.87. The molecule has 0 saturated carbocycles. The Morgan fingerprint density at radius 1 is 0.964 bits per heavy atom. The van der Waals surface area contributed by atoms with Crippen LogP contribution in [-0.2, 0) is 0 Å². The van der Waals surface area contributed by atoms with Crippen molar-refractivity contribution < 1.29 is 9.59 Å². The molecule has 0 fully saturated rings. The molecule has 7 heteroatoms. The number of hydrogen-bond donors (Lipinski definition) is 2. The largest absolute Gasteiger partial charge is 0.323 e. The zero-order valence-corrected chi connectivity index (χ0v) is 16.5. The molecule has 3 rings (SSSR count). The van der Waals surface area contributed by atoms with Crippen molar-refractivity contribution >= 4 is 40.6 Å². The van der Waals surface area contributed by atoms with Crippen LogP contribution < -0.4 is 10.6 Å². The number of amides is 1. The van der Waals surface area contributed by atoms with E-state index in [1.807, 2.05) is 26.0 Å². The Hall–Kier alpha value is -3.25. The lowest BCUT2D eigenvalue weighted by Crippen LogP contribution is -2.13. The van der Waals surface area contributed by atoms with Gasteiger partial charge in [-0.15, -0.1) is 0 Å². The Kier molecular flexibility index (Phi) is 5.70. The summed E-state index contributed by atoms with van der Waals surface area (Å²) < 4.78 is 0. The molecule has 0 bridgehead atoms. The maximum absolute atomic E-state index is 12.3. The zero-order valence-electron chi connectivity index (χ0n) is 15.7. The minimum Gasteiger partial charge on any atom is -0.323 e. The molecule has 2 N–H and O–H groups in total. The van der Waals surface area contributed by atoms with E-state index < -0.39 is 0 Å². The summed E-state index contributed by atoms with van der Waals surface area (Å²) in [7, 11) is 0. The lowest BCUT2D eigenvalue weighted by molar-refractivity contribution is 0.101. The Balaban J connectivity index is 1.70. The highest BCUT2D eigenvalue weighted by molar-refractivity contribution is 6.33. The summed E-state index contributed by atoms with van der Waals surface area (Å²) in [5.41, 5.74) is 4.26. The van der Waals surface area contributed by atoms with E-state index in [2.05, 4.69) is 20.6 Å². The standard InChI is InChI=1S/C21H19ClN4O2/c1-12-8-13(2)19(18(22)9-12)26-21-23-10-16(11-24-21)20(28)25-17-6-4-15(5-7-17)14(3)27/h4-11H,1-3H3,(H,25,28)(H,23,24,26). The summed E-state index contributed by atoms with van der Waals surface area (Å²) in [5.74, 6) is -0.0267. The number of nitrogens with zero attached hydrogens (tertiary/aromatic N) is 2. The average Bonchev–Trinajstić information content (AvgIpc) is 2.65. The molecular formula is C21H19ClN4O2. The molecule has 1 amide bonds. The number of hydrogen-bond acceptors (Lipinski definition) is 5. The minimum absolute atomic E-state index is 0.0294. The second kappa shape index (κ2) is 8.19. The van der Waals surface area contributed by atoms with E-state index in [4.69, 9.17) is 11.6 Å². The first-order chi connectivity index (χ1) is 13.3. The maximum atomic E-state index is 12.3. The van der Waals surface area contributed by atoms with Crippen LogP contribution in [0.4, 0.5) is 17.3 Å². The predicted octanol–water partition coefficient (Wildman–Crippen LogP) is 4.95. The number of Topliss-reactive ketones (excluding diaryl/α,β-unsaturated/α-hetero) is 1. The third kappa shape index (κ3) is 4.53. The molecular weight excluding hydrogens is 376 g/mol. The number of carbonyl (C=O) groups excluding carboxylic acids is 2. The van der Waals surface area contributed by atoms with Gasteiger partial charge in [0, 0.05) is 23.6 Å². The molecule has 0 aliphatic heterocycles. The average molecular weight is 395 g/mol. The first kappa shape index (κ1) is 19.5. The fourth-order valence-electron chi connectivity index (χ4n) is 2.69. The normalized spacial score (nSPS) is 10.4. The van der Waals surface area contributed by atoms with Gasteiger partial charge < -0.3 is 10.6 Å². The second-order valence-corrected chi connectivity index (χ2v) is 6.85. The molecule has 28 heavy (non-hydrogen) atoms. The summed E-state index contributed by atoms with van der Waals surface area (Å²) in [5, 5.41) is 6.41. The molecule has 142 valence electrons. The van der Waals surface area contributed by atoms with E-state index in [-0.39, 0.29) is 11.7 Å². The summed E-state index contributed by atoms with van der Waals surface area (Å²) >= 11 is 6.28. The number of carbonyl (C=O) groups is 2. The molecule has 1 aromatic heterocycles. The number of nitrogens with one attached hydrogen (secondary N) is 2. The highest BCUT2D eigenvalue weighted by Gasteiger charge is 2.11. The van der Waals surface area contributed by atoms with E-state index in [1.165, 1.54) is 19.3 Å². The second-order valence-electron chi connectivity index (χ2n) is 6.45. The Bertz CT molecular complexity index is 1010. The molecule has 0 aliphatic carbocycles. The van der Waals surface area contributed by atoms with Crippen LogP contribution in [0.5, 0.6) is 0 Å². The Morgan fingerprint density at radius 2 is 1.61 bits per heavy atom. The first-order valence-electron chi connectivity index (χ1n) is 8.61. The lowest BCUT2D eigenvalue weighted by Gasteiger charge is -2.11. The van der Waals surface area contributed by atoms with Crippen LogP contribution in [0.1, 0.15) is 38.8 Å². The highest BCUT2D eigenvalue weighted by Crippen LogP contribution is 2.29. The first-order valence-corrected chi connectivity index (χ1v) is 8.99. The van der Waals surface area contributed by atoms with Crippen LogP contribution in [0.3, 0.4) is 0 Å². The van der Waals surface area contributed by atoms with Crippen LogP contribution >= 0.6 is 11.6 Å². The molecule has 1 heterocycles. The van der Waals surface area contributed by atoms with Gasteiger partial charge in [-0.05, 0) is 62.2 Å². The highest BCUT2D eigenvalue weighted by atomic mass is 35.5. The quantitative estimate of drug-likeness (QED) is 0.598. The van der Waals surface area contributed by atoms with Crippen molar-refractivity contribution in [2.45, 2.75) is 20.8 Å². The van der Waals surface area contributed by atoms with Crippen molar-refractivity contribution in [2.75, 3.05) is 10.6 Å². The van der Waals surface area contributed by atoms with Crippen molar-refractivity contribution in [1.82, 2.24) is 9.97 Å². The Labute approximate surface area is 168 Å². The summed E-state index contributed by atoms with van der Waals surface area (Å²) in [6.45, 7) is 5.41. The van der Waals surface area contributed by atoms with Crippen molar-refractivity contribution in [2.24, 2.45) is 0 Å². The van der Waals surface area contributed by atoms with E-state index in [0.717, 1.165) is 16.8 Å². The van der Waals surface area contributed by atoms with E-state index >= 15 is 0 Å². The van der Waals surface area contributed by atoms with Crippen LogP contribution in [-0.4, -0.2) is 21.7 Å². The number of aryl methyl sites for hydroxylation is 2. The number of ketones is 1. The molecule has 0 radical (unpaired) electrons. The Morgan fingerprint density at radius 3 is 2.18 bits per heavy atom. The van der Waals surface area contributed by atoms with Gasteiger partial charge in [0.25, 0.3) is 5.91 Å². The molecule has 0 spiro atoms. The minimum atomic E-state index is -0.341. The van der Waals surface area contributed by atoms with Gasteiger partial charge in [-0.1, -0.05) is 17.7 Å². The van der Waals surface area contributed by atoms with Crippen molar-refractivity contribution in [3.8, 4) is 0 Å². The third-order valence-corrected chi connectivity index (χ3v) is 4.43. The maximum Gasteiger partial charge on any atom is 0.258 e. The summed E-state index contributed by atoms with van der Waals surface area (Å²) in [6, 6.07) is 10.5. The SMILES string of the molecule is CC(=O)c1ccc(NC(=O)c2cnc(Nc3c(C)cc(C)cc3Cl)nc2)cc1. The topological polar surface area (TPSA) is 84.0 Å². The van der Waals surface area contributed by atoms with E-state index in [9.17, 15) is 9.59 Å². The van der Waals surface area contributed by atoms with Crippen LogP contribution in [0, 0.1) is 13.8 Å². The molecule has 0 saturated heterocycles. The van der Waals surface area contributed by atoms with Gasteiger partial charge in [0.15, 0.2) is 5.78 Å². The smallest absolute Gasteiger partial charge is 0.258 e. The van der Waals surface area contributed by atoms with Gasteiger partial charge in [0.05, 0.1) is 16.3 Å². The molecule has 6 nitrogen and oxygen atoms in total. The fraction of sp³-hybridized carbons (Fsp3) is 0.143. The van der Waals surface area contributed by atoms with Crippen LogP contribution in [0.25, 0.3) is 0 Å². The van der Waals surface area contributed by atoms with Gasteiger partial charge in [0.1, 0.15) is 0 Å². The molecule has 0 unspecified atom stereocenters. The van der Waals surface area contributed by atoms with Gasteiger partial charge in [0.2, 0.25) is 5.95 Å². The van der Waals surface area contributed by atoms with Crippen molar-refractivity contribution in [1.29, 1.82) is 0 Å². The van der Waals surface area contributed by atoms with E-state index in [1.54, 1.807) is 24.3 Å². The van der Waals surface area contributed by atoms with Gasteiger partial charge >= 0.3 is 0 Å². The fourth-order valence-corrected chi connectivity index (χ4v) is 3.06. The molecule has 0 aliphatic rings. The lowest BCUT2D eigenvalue weighted by atomic mass is 10.1. The third-order valence-electron chi connectivity index (χ3n) is 4.13. The van der Waals surface area contributed by atoms with Gasteiger partial charge in [-0.25, -0.2) is 9.97 Å². The number of anilines is 3. The molecule has 3 aromatic rings. The number of aromatic nitrogens is 2. The van der Waals surface area contributed by atoms with Crippen LogP contribution in [0.15, 0.2) is 48.8 Å². The zero-order chi connectivity index (χ0) is 20.3. The monoisotopic (exact) mass is 394 g/mol. The van der Waals surface area contributed by atoms with Crippen molar-refractivity contribution in [3.63, 3.8) is 0 Å². The van der Waals surface area contributed by atoms with Gasteiger partial charge in [-0.2, -0.15) is 0 Å². The number of halogens is 1. The predicted molar refractivity (Wildman–Crippen MR) is 111 cm³/mol. The number of rotatable bonds is 5.